The van der Waals surface area contributed by atoms with Gasteiger partial charge in [0.2, 0.25) is 4.77 Å². The summed E-state index contributed by atoms with van der Waals surface area (Å²) in [6.45, 7) is 3.92. The van der Waals surface area contributed by atoms with Crippen molar-refractivity contribution in [1.82, 2.24) is 19.7 Å². The number of nitrogens with zero attached hydrogens (tertiary/aromatic N) is 3. The van der Waals surface area contributed by atoms with E-state index in [2.05, 4.69) is 33.4 Å². The Hall–Kier alpha value is -1.67. The number of methoxy groups -OCH3 is 1. The van der Waals surface area contributed by atoms with Crippen LogP contribution < -0.4 is 4.74 Å². The van der Waals surface area contributed by atoms with E-state index in [-0.39, 0.29) is 0 Å². The molecule has 1 aliphatic rings. The highest BCUT2D eigenvalue weighted by Crippen LogP contribution is 2.33. The van der Waals surface area contributed by atoms with Crippen molar-refractivity contribution < 1.29 is 4.74 Å². The molecular weight excluding hydrogens is 388 g/mol. The Kier molecular flexibility index (Phi) is 4.88. The second-order valence-corrected chi connectivity index (χ2v) is 8.11. The second-order valence-electron chi connectivity index (χ2n) is 6.31. The monoisotopic (exact) mass is 406 g/mol. The molecule has 4 rings (SSSR count). The zero-order valence-corrected chi connectivity index (χ0v) is 16.9. The van der Waals surface area contributed by atoms with Gasteiger partial charge in [-0.05, 0) is 60.8 Å². The molecule has 0 spiro atoms. The third-order valence-electron chi connectivity index (χ3n) is 4.82. The van der Waals surface area contributed by atoms with Crippen LogP contribution in [-0.4, -0.2) is 33.3 Å². The molecule has 1 atom stereocenters. The van der Waals surface area contributed by atoms with E-state index in [9.17, 15) is 0 Å². The Morgan fingerprint density at radius 2 is 2.27 bits per heavy atom. The smallest absolute Gasteiger partial charge is 0.217 e. The number of fused-ring (bicyclic) bond motifs is 1. The fraction of sp³-hybridized carbons (Fsp3) is 0.333. The normalized spacial score (nSPS) is 17.3. The third-order valence-corrected chi connectivity index (χ3v) is 6.37. The van der Waals surface area contributed by atoms with E-state index in [1.54, 1.807) is 13.2 Å². The summed E-state index contributed by atoms with van der Waals surface area (Å²) in [4.78, 5) is 8.41. The van der Waals surface area contributed by atoms with Gasteiger partial charge in [0.05, 0.1) is 19.3 Å². The summed E-state index contributed by atoms with van der Waals surface area (Å²) in [7, 11) is 1.63. The summed E-state index contributed by atoms with van der Waals surface area (Å²) >= 11 is 13.5. The zero-order chi connectivity index (χ0) is 18.3. The van der Waals surface area contributed by atoms with Crippen LogP contribution in [0.5, 0.6) is 5.75 Å². The molecule has 3 heterocycles. The van der Waals surface area contributed by atoms with Crippen molar-refractivity contribution in [2.24, 2.45) is 0 Å². The maximum absolute atomic E-state index is 6.14. The molecule has 0 saturated heterocycles. The number of benzene rings is 1. The second kappa shape index (κ2) is 7.15. The Balaban J connectivity index is 1.62. The van der Waals surface area contributed by atoms with Crippen LogP contribution in [0.15, 0.2) is 29.6 Å². The summed E-state index contributed by atoms with van der Waals surface area (Å²) in [6.07, 6.45) is 1.08. The Morgan fingerprint density at radius 1 is 1.42 bits per heavy atom. The quantitative estimate of drug-likeness (QED) is 0.625. The summed E-state index contributed by atoms with van der Waals surface area (Å²) in [5, 5.41) is 6.11. The molecule has 0 aliphatic carbocycles. The maximum Gasteiger partial charge on any atom is 0.217 e. The average molecular weight is 407 g/mol. The molecule has 0 saturated carbocycles. The highest BCUT2D eigenvalue weighted by Gasteiger charge is 2.25. The average Bonchev–Trinajstić information content (AvgIpc) is 3.25. The minimum absolute atomic E-state index is 0.361. The Labute approximate surface area is 166 Å². The van der Waals surface area contributed by atoms with Crippen molar-refractivity contribution in [2.75, 3.05) is 13.7 Å². The van der Waals surface area contributed by atoms with Crippen molar-refractivity contribution in [1.29, 1.82) is 0 Å². The first kappa shape index (κ1) is 17.7. The fourth-order valence-corrected chi connectivity index (χ4v) is 4.70. The van der Waals surface area contributed by atoms with Gasteiger partial charge in [-0.25, -0.2) is 4.68 Å². The molecule has 1 N–H and O–H groups in total. The number of aromatic nitrogens is 3. The molecular formula is C18H19ClN4OS2. The number of H-pyrrole nitrogens is 1. The molecule has 1 aromatic carbocycles. The number of hydrogen-bond donors (Lipinski definition) is 1. The van der Waals surface area contributed by atoms with Gasteiger partial charge in [-0.3, -0.25) is 10.00 Å². The summed E-state index contributed by atoms with van der Waals surface area (Å²) < 4.78 is 7.85. The van der Waals surface area contributed by atoms with E-state index in [1.807, 2.05) is 28.2 Å². The largest absolute Gasteiger partial charge is 0.496 e. The number of thiophene rings is 1. The van der Waals surface area contributed by atoms with Crippen LogP contribution in [0.4, 0.5) is 0 Å². The first-order valence-corrected chi connectivity index (χ1v) is 10.0. The van der Waals surface area contributed by atoms with Gasteiger partial charge in [-0.15, -0.1) is 11.3 Å². The van der Waals surface area contributed by atoms with Crippen LogP contribution in [0.3, 0.4) is 0 Å². The number of nitrogens with one attached hydrogen (secondary N) is 1. The van der Waals surface area contributed by atoms with Gasteiger partial charge in [-0.2, -0.15) is 4.98 Å². The van der Waals surface area contributed by atoms with Crippen molar-refractivity contribution >= 4 is 35.2 Å². The maximum atomic E-state index is 6.14. The van der Waals surface area contributed by atoms with E-state index >= 15 is 0 Å². The van der Waals surface area contributed by atoms with E-state index in [0.29, 0.717) is 34.1 Å². The van der Waals surface area contributed by atoms with Crippen molar-refractivity contribution in [2.45, 2.75) is 26.1 Å². The molecule has 0 fully saturated rings. The fourth-order valence-electron chi connectivity index (χ4n) is 3.37. The van der Waals surface area contributed by atoms with Crippen LogP contribution in [0.2, 0.25) is 5.02 Å². The molecule has 3 aromatic rings. The summed E-state index contributed by atoms with van der Waals surface area (Å²) in [6, 6.07) is 8.05. The first-order valence-electron chi connectivity index (χ1n) is 8.38. The molecule has 136 valence electrons. The summed E-state index contributed by atoms with van der Waals surface area (Å²) in [5.41, 5.74) is 2.22. The summed E-state index contributed by atoms with van der Waals surface area (Å²) in [5.74, 6) is 1.37. The molecule has 2 aromatic heterocycles. The van der Waals surface area contributed by atoms with E-state index in [4.69, 9.17) is 28.6 Å². The number of rotatable bonds is 4. The SMILES string of the molecule is COc1ccc(Cl)cc1-c1nc(=S)n(CN2CCc3sccc3[C@@H]2C)[nH]1. The van der Waals surface area contributed by atoms with Crippen LogP contribution in [0.1, 0.15) is 23.4 Å². The molecule has 0 amide bonds. The van der Waals surface area contributed by atoms with Gasteiger partial charge in [0, 0.05) is 22.5 Å². The topological polar surface area (TPSA) is 46.1 Å². The van der Waals surface area contributed by atoms with Gasteiger partial charge in [0.25, 0.3) is 0 Å². The highest BCUT2D eigenvalue weighted by atomic mass is 35.5. The van der Waals surface area contributed by atoms with E-state index in [0.717, 1.165) is 18.5 Å². The minimum atomic E-state index is 0.361. The number of halogens is 1. The lowest BCUT2D eigenvalue weighted by atomic mass is 10.0. The van der Waals surface area contributed by atoms with Crippen molar-refractivity contribution in [3.8, 4) is 17.1 Å². The lowest BCUT2D eigenvalue weighted by Gasteiger charge is -2.33. The molecule has 8 heteroatoms. The Morgan fingerprint density at radius 3 is 3.08 bits per heavy atom. The number of aromatic amines is 1. The van der Waals surface area contributed by atoms with E-state index in [1.165, 1.54) is 10.4 Å². The van der Waals surface area contributed by atoms with Gasteiger partial charge >= 0.3 is 0 Å². The first-order chi connectivity index (χ1) is 12.6. The van der Waals surface area contributed by atoms with Crippen LogP contribution in [-0.2, 0) is 13.1 Å². The molecule has 0 radical (unpaired) electrons. The van der Waals surface area contributed by atoms with Gasteiger partial charge < -0.3 is 4.74 Å². The van der Waals surface area contributed by atoms with Crippen LogP contribution in [0.25, 0.3) is 11.4 Å². The molecule has 26 heavy (non-hydrogen) atoms. The van der Waals surface area contributed by atoms with Crippen LogP contribution >= 0.6 is 35.2 Å². The molecule has 0 unspecified atom stereocenters. The standard InChI is InChI=1S/C18H19ClN4OS2/c1-11-13-6-8-26-16(13)5-7-22(11)10-23-18(25)20-17(21-23)14-9-12(19)3-4-15(14)24-2/h3-4,6,8-9,11H,5,7,10H2,1-2H3,(H,20,21,25)/t11-/m0/s1. The molecule has 0 bridgehead atoms. The van der Waals surface area contributed by atoms with Gasteiger partial charge in [-0.1, -0.05) is 11.6 Å². The minimum Gasteiger partial charge on any atom is -0.496 e. The molecule has 5 nitrogen and oxygen atoms in total. The lowest BCUT2D eigenvalue weighted by molar-refractivity contribution is 0.144. The zero-order valence-electron chi connectivity index (χ0n) is 14.5. The Bertz CT molecular complexity index is 993. The lowest BCUT2D eigenvalue weighted by Crippen LogP contribution is -2.35. The predicted molar refractivity (Wildman–Crippen MR) is 108 cm³/mol. The molecule has 1 aliphatic heterocycles. The van der Waals surface area contributed by atoms with Crippen LogP contribution in [0, 0.1) is 4.77 Å². The van der Waals surface area contributed by atoms with E-state index < -0.39 is 0 Å². The predicted octanol–water partition coefficient (Wildman–Crippen LogP) is 4.91. The van der Waals surface area contributed by atoms with Crippen molar-refractivity contribution in [3.05, 3.63) is 49.9 Å². The van der Waals surface area contributed by atoms with Gasteiger partial charge in [0.15, 0.2) is 5.82 Å². The van der Waals surface area contributed by atoms with Crippen molar-refractivity contribution in [3.63, 3.8) is 0 Å². The highest BCUT2D eigenvalue weighted by molar-refractivity contribution is 7.71. The third kappa shape index (κ3) is 3.20. The number of ether oxygens (including phenoxy) is 1. The van der Waals surface area contributed by atoms with Gasteiger partial charge in [0.1, 0.15) is 5.75 Å². The number of hydrogen-bond acceptors (Lipinski definition) is 5.